The molecule has 0 aromatic rings. The van der Waals surface area contributed by atoms with Crippen molar-refractivity contribution < 1.29 is 53.9 Å². The molecule has 0 heterocycles. The van der Waals surface area contributed by atoms with Crippen LogP contribution in [-0.2, 0) is 18.4 Å². The Labute approximate surface area is 353 Å². The Bertz CT molecular complexity index is 994. The summed E-state index contributed by atoms with van der Waals surface area (Å²) in [5.41, 5.74) is 0. The van der Waals surface area contributed by atoms with Gasteiger partial charge < -0.3 is 40.8 Å². The molecular formula is C45H90NO11P. The van der Waals surface area contributed by atoms with Gasteiger partial charge in [-0.3, -0.25) is 13.8 Å². The predicted molar refractivity (Wildman–Crippen MR) is 232 cm³/mol. The van der Waals surface area contributed by atoms with Gasteiger partial charge in [0.1, 0.15) is 36.6 Å². The van der Waals surface area contributed by atoms with Crippen molar-refractivity contribution in [3.05, 3.63) is 0 Å². The number of rotatable bonds is 40. The molecular weight excluding hydrogens is 761 g/mol. The van der Waals surface area contributed by atoms with E-state index in [2.05, 4.69) is 19.2 Å². The number of nitrogens with one attached hydrogen (secondary N) is 1. The predicted octanol–water partition coefficient (Wildman–Crippen LogP) is 9.07. The number of carbonyl (C=O) groups excluding carboxylic acids is 1. The summed E-state index contributed by atoms with van der Waals surface area (Å²) < 4.78 is 23.0. The number of amides is 1. The van der Waals surface area contributed by atoms with E-state index in [0.29, 0.717) is 19.3 Å². The molecule has 13 heteroatoms. The third kappa shape index (κ3) is 27.3. The van der Waals surface area contributed by atoms with Crippen LogP contribution in [0, 0.1) is 0 Å². The standard InChI is InChI=1S/C45H90NO11P/c1-3-5-7-9-11-13-15-17-18-19-20-21-23-25-27-29-31-33-35-39(48)46-37(38(47)34-32-30-28-26-24-22-16-14-12-10-8-6-4-2)36-56-58(54,55)57-45-43(52)41(50)40(49)42(51)44(45)53/h37-38,40-45,47,49-53H,3-36H2,1-2H3,(H,46,48)(H,54,55)/t37-,38+,40?,41+,42?,43?,44?,45?/m0/s1. The summed E-state index contributed by atoms with van der Waals surface area (Å²) >= 11 is 0. The van der Waals surface area contributed by atoms with Gasteiger partial charge in [0.2, 0.25) is 5.91 Å². The van der Waals surface area contributed by atoms with E-state index in [0.717, 1.165) is 38.5 Å². The molecule has 0 saturated heterocycles. The molecule has 1 aliphatic rings. The maximum Gasteiger partial charge on any atom is 0.472 e. The second kappa shape index (κ2) is 35.9. The van der Waals surface area contributed by atoms with E-state index in [1.807, 2.05) is 0 Å². The maximum atomic E-state index is 13.0. The number of aliphatic hydroxyl groups excluding tert-OH is 6. The van der Waals surface area contributed by atoms with E-state index in [9.17, 15) is 44.9 Å². The van der Waals surface area contributed by atoms with Crippen LogP contribution in [0.1, 0.15) is 226 Å². The van der Waals surface area contributed by atoms with Crippen LogP contribution < -0.4 is 5.32 Å². The first-order valence-electron chi connectivity index (χ1n) is 24.0. The second-order valence-electron chi connectivity index (χ2n) is 17.3. The van der Waals surface area contributed by atoms with Gasteiger partial charge in [-0.1, -0.05) is 206 Å². The first kappa shape index (κ1) is 55.4. The summed E-state index contributed by atoms with van der Waals surface area (Å²) in [6, 6.07) is -1.02. The van der Waals surface area contributed by atoms with Gasteiger partial charge in [-0.05, 0) is 12.8 Å². The molecule has 0 radical (unpaired) electrons. The number of hydrogen-bond acceptors (Lipinski definition) is 10. The number of phosphoric acid groups is 1. The van der Waals surface area contributed by atoms with Crippen molar-refractivity contribution in [3.8, 4) is 0 Å². The van der Waals surface area contributed by atoms with Crippen molar-refractivity contribution in [3.63, 3.8) is 0 Å². The van der Waals surface area contributed by atoms with Crippen molar-refractivity contribution in [2.24, 2.45) is 0 Å². The highest BCUT2D eigenvalue weighted by atomic mass is 31.2. The highest BCUT2D eigenvalue weighted by Crippen LogP contribution is 2.47. The van der Waals surface area contributed by atoms with Crippen LogP contribution in [0.3, 0.4) is 0 Å². The normalized spacial score (nSPS) is 23.1. The van der Waals surface area contributed by atoms with Crippen molar-refractivity contribution in [2.45, 2.75) is 275 Å². The Kier molecular flexibility index (Phi) is 34.3. The third-order valence-electron chi connectivity index (χ3n) is 11.9. The maximum absolute atomic E-state index is 13.0. The van der Waals surface area contributed by atoms with Gasteiger partial charge in [0.05, 0.1) is 18.8 Å². The average molecular weight is 852 g/mol. The van der Waals surface area contributed by atoms with E-state index in [1.54, 1.807) is 0 Å². The number of carbonyl (C=O) groups is 1. The van der Waals surface area contributed by atoms with E-state index >= 15 is 0 Å². The summed E-state index contributed by atoms with van der Waals surface area (Å²) in [4.78, 5) is 23.4. The lowest BCUT2D eigenvalue weighted by Crippen LogP contribution is -2.64. The number of unbranched alkanes of at least 4 members (excludes halogenated alkanes) is 29. The molecule has 1 aliphatic carbocycles. The fourth-order valence-corrected chi connectivity index (χ4v) is 8.93. The summed E-state index contributed by atoms with van der Waals surface area (Å²) in [7, 11) is -5.05. The minimum absolute atomic E-state index is 0.243. The summed E-state index contributed by atoms with van der Waals surface area (Å²) in [6.45, 7) is 3.90. The fraction of sp³-hybridized carbons (Fsp3) is 0.978. The molecule has 346 valence electrons. The minimum Gasteiger partial charge on any atom is -0.391 e. The molecule has 0 spiro atoms. The molecule has 58 heavy (non-hydrogen) atoms. The van der Waals surface area contributed by atoms with Gasteiger partial charge in [0, 0.05) is 6.42 Å². The van der Waals surface area contributed by atoms with Crippen LogP contribution in [0.25, 0.3) is 0 Å². The molecule has 1 amide bonds. The van der Waals surface area contributed by atoms with Gasteiger partial charge >= 0.3 is 7.82 Å². The molecule has 12 nitrogen and oxygen atoms in total. The summed E-state index contributed by atoms with van der Waals surface area (Å²) in [5.74, 6) is -0.304. The van der Waals surface area contributed by atoms with Crippen LogP contribution in [0.15, 0.2) is 0 Å². The quantitative estimate of drug-likeness (QED) is 0.0216. The Hall–Kier alpha value is -0.660. The summed E-state index contributed by atoms with van der Waals surface area (Å²) in [6.07, 6.45) is 25.6. The molecule has 0 bridgehead atoms. The van der Waals surface area contributed by atoms with Gasteiger partial charge in [-0.15, -0.1) is 0 Å². The molecule has 9 atom stereocenters. The Morgan fingerprint density at radius 1 is 0.517 bits per heavy atom. The van der Waals surface area contributed by atoms with Crippen LogP contribution in [-0.4, -0.2) is 96.8 Å². The van der Waals surface area contributed by atoms with E-state index in [-0.39, 0.29) is 12.3 Å². The minimum atomic E-state index is -5.05. The second-order valence-corrected chi connectivity index (χ2v) is 18.7. The Morgan fingerprint density at radius 2 is 0.828 bits per heavy atom. The zero-order valence-corrected chi connectivity index (χ0v) is 37.8. The van der Waals surface area contributed by atoms with E-state index in [4.69, 9.17) is 9.05 Å². The van der Waals surface area contributed by atoms with E-state index < -0.39 is 63.2 Å². The van der Waals surface area contributed by atoms with Gasteiger partial charge in [-0.25, -0.2) is 4.57 Å². The van der Waals surface area contributed by atoms with Crippen LogP contribution in [0.2, 0.25) is 0 Å². The lowest BCUT2D eigenvalue weighted by atomic mass is 9.85. The first-order chi connectivity index (χ1) is 27.9. The van der Waals surface area contributed by atoms with Gasteiger partial charge in [0.25, 0.3) is 0 Å². The molecule has 0 aliphatic heterocycles. The monoisotopic (exact) mass is 852 g/mol. The van der Waals surface area contributed by atoms with Crippen LogP contribution >= 0.6 is 7.82 Å². The fourth-order valence-electron chi connectivity index (χ4n) is 7.97. The zero-order valence-electron chi connectivity index (χ0n) is 36.9. The third-order valence-corrected chi connectivity index (χ3v) is 12.9. The zero-order chi connectivity index (χ0) is 42.9. The van der Waals surface area contributed by atoms with Crippen molar-refractivity contribution in [1.29, 1.82) is 0 Å². The lowest BCUT2D eigenvalue weighted by Gasteiger charge is -2.41. The summed E-state index contributed by atoms with van der Waals surface area (Å²) in [5, 5.41) is 64.1. The first-order valence-corrected chi connectivity index (χ1v) is 25.5. The van der Waals surface area contributed by atoms with Crippen LogP contribution in [0.4, 0.5) is 0 Å². The van der Waals surface area contributed by atoms with Gasteiger partial charge in [-0.2, -0.15) is 0 Å². The van der Waals surface area contributed by atoms with Crippen molar-refractivity contribution in [1.82, 2.24) is 5.32 Å². The molecule has 8 N–H and O–H groups in total. The molecule has 1 rings (SSSR count). The largest absolute Gasteiger partial charge is 0.472 e. The van der Waals surface area contributed by atoms with Crippen molar-refractivity contribution in [2.75, 3.05) is 6.61 Å². The Morgan fingerprint density at radius 3 is 1.19 bits per heavy atom. The SMILES string of the molecule is CCCCCCCCCCCCCCCCCCCCC(=O)N[C@@H](COP(=O)(O)OC1C(O)C(O)C(O)[C@@H](O)C1O)[C@H](O)CCCCCCCCCCCCCCC. The van der Waals surface area contributed by atoms with Crippen LogP contribution in [0.5, 0.6) is 0 Å². The highest BCUT2D eigenvalue weighted by molar-refractivity contribution is 7.47. The smallest absolute Gasteiger partial charge is 0.391 e. The lowest BCUT2D eigenvalue weighted by molar-refractivity contribution is -0.220. The molecule has 0 aromatic carbocycles. The topological polar surface area (TPSA) is 206 Å². The number of aliphatic hydroxyl groups is 6. The average Bonchev–Trinajstić information content (AvgIpc) is 3.20. The molecule has 0 aromatic heterocycles. The molecule has 1 fully saturated rings. The molecule has 6 unspecified atom stereocenters. The van der Waals surface area contributed by atoms with E-state index in [1.165, 1.54) is 148 Å². The Balaban J connectivity index is 2.42. The van der Waals surface area contributed by atoms with Crippen molar-refractivity contribution >= 4 is 13.7 Å². The highest BCUT2D eigenvalue weighted by Gasteiger charge is 2.51. The number of hydrogen-bond donors (Lipinski definition) is 8. The molecule has 1 saturated carbocycles. The van der Waals surface area contributed by atoms with Gasteiger partial charge in [0.15, 0.2) is 0 Å². The number of phosphoric ester groups is 1.